The van der Waals surface area contributed by atoms with E-state index < -0.39 is 5.97 Å². The van der Waals surface area contributed by atoms with Crippen LogP contribution in [0.25, 0.3) is 11.3 Å². The van der Waals surface area contributed by atoms with E-state index >= 15 is 0 Å². The maximum atomic E-state index is 12.7. The van der Waals surface area contributed by atoms with Gasteiger partial charge in [0.05, 0.1) is 24.1 Å². The van der Waals surface area contributed by atoms with Crippen LogP contribution in [-0.4, -0.2) is 34.7 Å². The van der Waals surface area contributed by atoms with Crippen molar-refractivity contribution in [1.29, 1.82) is 0 Å². The van der Waals surface area contributed by atoms with E-state index in [0.717, 1.165) is 41.1 Å². The van der Waals surface area contributed by atoms with Gasteiger partial charge < -0.3 is 10.1 Å². The lowest BCUT2D eigenvalue weighted by atomic mass is 9.88. The van der Waals surface area contributed by atoms with Gasteiger partial charge in [-0.25, -0.2) is 14.8 Å². The van der Waals surface area contributed by atoms with Gasteiger partial charge in [-0.05, 0) is 36.8 Å². The number of carbonyl (C=O) groups is 2. The fourth-order valence-electron chi connectivity index (χ4n) is 3.64. The summed E-state index contributed by atoms with van der Waals surface area (Å²) in [7, 11) is 1.37. The van der Waals surface area contributed by atoms with Gasteiger partial charge in [0.15, 0.2) is 0 Å². The van der Waals surface area contributed by atoms with E-state index in [9.17, 15) is 9.59 Å². The minimum absolute atomic E-state index is 0.179. The van der Waals surface area contributed by atoms with E-state index in [2.05, 4.69) is 22.2 Å². The molecule has 160 valence electrons. The first-order valence-electron chi connectivity index (χ1n) is 10.1. The molecule has 0 saturated carbocycles. The summed E-state index contributed by atoms with van der Waals surface area (Å²) >= 11 is 2.83. The van der Waals surface area contributed by atoms with Crippen molar-refractivity contribution in [3.8, 4) is 11.3 Å². The molecule has 2 heterocycles. The Kier molecular flexibility index (Phi) is 6.67. The van der Waals surface area contributed by atoms with Gasteiger partial charge in [0.25, 0.3) is 0 Å². The number of rotatable bonds is 6. The summed E-state index contributed by atoms with van der Waals surface area (Å²) in [5, 5.41) is 4.24. The number of aromatic nitrogens is 2. The fourth-order valence-corrected chi connectivity index (χ4v) is 5.73. The summed E-state index contributed by atoms with van der Waals surface area (Å²) < 4.78 is 4.99. The van der Waals surface area contributed by atoms with Crippen molar-refractivity contribution in [2.75, 3.05) is 18.2 Å². The van der Waals surface area contributed by atoms with Crippen LogP contribution in [0.2, 0.25) is 0 Å². The van der Waals surface area contributed by atoms with Crippen molar-refractivity contribution in [2.45, 2.75) is 31.2 Å². The van der Waals surface area contributed by atoms with Gasteiger partial charge >= 0.3 is 5.97 Å². The second-order valence-corrected chi connectivity index (χ2v) is 9.59. The lowest BCUT2D eigenvalue weighted by Crippen LogP contribution is -2.17. The standard InChI is InChI=1S/C23H23N3O3S2/c1-14-8-9-16-18(10-14)31-22(21(16)23(28)29-2)26-19(27)12-30-20-11-17(24-13-25-20)15-6-4-3-5-7-15/h3-7,11,13-14H,8-10,12H2,1-2H3,(H,26,27)/t14-/m0/s1. The molecule has 0 saturated heterocycles. The highest BCUT2D eigenvalue weighted by molar-refractivity contribution is 7.99. The molecule has 0 spiro atoms. The van der Waals surface area contributed by atoms with E-state index in [1.807, 2.05) is 36.4 Å². The molecule has 0 aliphatic heterocycles. The first-order valence-corrected chi connectivity index (χ1v) is 11.9. The Morgan fingerprint density at radius 1 is 1.26 bits per heavy atom. The van der Waals surface area contributed by atoms with Gasteiger partial charge in [0.1, 0.15) is 16.4 Å². The molecule has 3 aromatic rings. The third-order valence-corrected chi connectivity index (χ3v) is 7.31. The topological polar surface area (TPSA) is 81.2 Å². The zero-order chi connectivity index (χ0) is 21.8. The Hall–Kier alpha value is -2.71. The molecule has 0 unspecified atom stereocenters. The van der Waals surface area contributed by atoms with Crippen LogP contribution >= 0.6 is 23.1 Å². The number of anilines is 1. The zero-order valence-electron chi connectivity index (χ0n) is 17.4. The highest BCUT2D eigenvalue weighted by Gasteiger charge is 2.28. The van der Waals surface area contributed by atoms with E-state index in [-0.39, 0.29) is 11.7 Å². The van der Waals surface area contributed by atoms with Crippen LogP contribution in [-0.2, 0) is 22.4 Å². The Bertz CT molecular complexity index is 1100. The minimum Gasteiger partial charge on any atom is -0.465 e. The predicted molar refractivity (Wildman–Crippen MR) is 124 cm³/mol. The first-order chi connectivity index (χ1) is 15.0. The smallest absolute Gasteiger partial charge is 0.341 e. The maximum Gasteiger partial charge on any atom is 0.341 e. The molecular weight excluding hydrogens is 430 g/mol. The number of methoxy groups -OCH3 is 1. The Morgan fingerprint density at radius 3 is 2.84 bits per heavy atom. The number of thiophene rings is 1. The van der Waals surface area contributed by atoms with Gasteiger partial charge in [-0.15, -0.1) is 11.3 Å². The number of nitrogens with one attached hydrogen (secondary N) is 1. The summed E-state index contributed by atoms with van der Waals surface area (Å²) in [6.07, 6.45) is 4.31. The predicted octanol–water partition coefficient (Wildman–Crippen LogP) is 4.85. The van der Waals surface area contributed by atoms with E-state index in [0.29, 0.717) is 16.5 Å². The monoisotopic (exact) mass is 453 g/mol. The zero-order valence-corrected chi connectivity index (χ0v) is 19.0. The van der Waals surface area contributed by atoms with E-state index in [1.54, 1.807) is 0 Å². The lowest BCUT2D eigenvalue weighted by molar-refractivity contribution is -0.113. The van der Waals surface area contributed by atoms with Gasteiger partial charge in [-0.2, -0.15) is 0 Å². The molecule has 1 aliphatic carbocycles. The van der Waals surface area contributed by atoms with E-state index in [1.165, 1.54) is 41.4 Å². The van der Waals surface area contributed by atoms with Gasteiger partial charge in [0.2, 0.25) is 5.91 Å². The van der Waals surface area contributed by atoms with Crippen LogP contribution in [0.3, 0.4) is 0 Å². The van der Waals surface area contributed by atoms with Crippen LogP contribution in [0.5, 0.6) is 0 Å². The molecule has 4 rings (SSSR count). The largest absolute Gasteiger partial charge is 0.465 e. The quantitative estimate of drug-likeness (QED) is 0.327. The number of thioether (sulfide) groups is 1. The van der Waals surface area contributed by atoms with Crippen molar-refractivity contribution in [3.63, 3.8) is 0 Å². The number of esters is 1. The third-order valence-electron chi connectivity index (χ3n) is 5.22. The molecule has 1 aromatic carbocycles. The second-order valence-electron chi connectivity index (χ2n) is 7.49. The number of benzene rings is 1. The summed E-state index contributed by atoms with van der Waals surface area (Å²) in [5.74, 6) is 0.192. The van der Waals surface area contributed by atoms with Gasteiger partial charge in [-0.3, -0.25) is 4.79 Å². The van der Waals surface area contributed by atoms with Gasteiger partial charge in [-0.1, -0.05) is 49.0 Å². The number of carbonyl (C=O) groups excluding carboxylic acids is 2. The molecule has 8 heteroatoms. The lowest BCUT2D eigenvalue weighted by Gasteiger charge is -2.18. The molecule has 0 radical (unpaired) electrons. The Morgan fingerprint density at radius 2 is 2.06 bits per heavy atom. The Balaban J connectivity index is 1.46. The van der Waals surface area contributed by atoms with Crippen LogP contribution in [0.1, 0.15) is 34.1 Å². The second kappa shape index (κ2) is 9.62. The number of ether oxygens (including phenoxy) is 1. The number of amides is 1. The average molecular weight is 454 g/mol. The SMILES string of the molecule is COC(=O)c1c(NC(=O)CSc2cc(-c3ccccc3)ncn2)sc2c1CC[C@H](C)C2. The van der Waals surface area contributed by atoms with Crippen LogP contribution in [0.4, 0.5) is 5.00 Å². The molecule has 1 atom stereocenters. The van der Waals surface area contributed by atoms with E-state index in [4.69, 9.17) is 4.74 Å². The summed E-state index contributed by atoms with van der Waals surface area (Å²) in [5.41, 5.74) is 3.35. The van der Waals surface area contributed by atoms with Crippen LogP contribution in [0.15, 0.2) is 47.8 Å². The normalized spacial score (nSPS) is 15.2. The van der Waals surface area contributed by atoms with Crippen molar-refractivity contribution in [1.82, 2.24) is 9.97 Å². The number of hydrogen-bond donors (Lipinski definition) is 1. The number of nitrogens with zero attached hydrogens (tertiary/aromatic N) is 2. The molecule has 1 amide bonds. The van der Waals surface area contributed by atoms with Crippen molar-refractivity contribution >= 4 is 40.0 Å². The average Bonchev–Trinajstić information content (AvgIpc) is 3.14. The molecular formula is C23H23N3O3S2. The van der Waals surface area contributed by atoms with Crippen molar-refractivity contribution in [2.24, 2.45) is 5.92 Å². The molecule has 1 N–H and O–H groups in total. The molecule has 0 bridgehead atoms. The third kappa shape index (κ3) is 4.97. The first kappa shape index (κ1) is 21.5. The van der Waals surface area contributed by atoms with Crippen LogP contribution < -0.4 is 5.32 Å². The number of hydrogen-bond acceptors (Lipinski definition) is 7. The molecule has 1 aliphatic rings. The van der Waals surface area contributed by atoms with Crippen molar-refractivity contribution in [3.05, 3.63) is 58.7 Å². The molecule has 6 nitrogen and oxygen atoms in total. The summed E-state index contributed by atoms with van der Waals surface area (Å²) in [4.78, 5) is 34.8. The van der Waals surface area contributed by atoms with Crippen LogP contribution in [0, 0.1) is 5.92 Å². The maximum absolute atomic E-state index is 12.7. The molecule has 0 fully saturated rings. The summed E-state index contributed by atoms with van der Waals surface area (Å²) in [6.45, 7) is 2.21. The Labute approximate surface area is 189 Å². The minimum atomic E-state index is -0.390. The molecule has 31 heavy (non-hydrogen) atoms. The van der Waals surface area contributed by atoms with Crippen molar-refractivity contribution < 1.29 is 14.3 Å². The van der Waals surface area contributed by atoms with Gasteiger partial charge in [0, 0.05) is 10.4 Å². The summed E-state index contributed by atoms with van der Waals surface area (Å²) in [6, 6.07) is 11.7. The highest BCUT2D eigenvalue weighted by Crippen LogP contribution is 2.40. The number of fused-ring (bicyclic) bond motifs is 1. The molecule has 2 aromatic heterocycles. The highest BCUT2D eigenvalue weighted by atomic mass is 32.2. The fraction of sp³-hybridized carbons (Fsp3) is 0.304.